The van der Waals surface area contributed by atoms with Crippen molar-refractivity contribution in [1.82, 2.24) is 9.88 Å². The van der Waals surface area contributed by atoms with E-state index in [0.717, 1.165) is 27.9 Å². The van der Waals surface area contributed by atoms with Crippen molar-refractivity contribution >= 4 is 39.7 Å². The van der Waals surface area contributed by atoms with E-state index in [0.29, 0.717) is 23.7 Å². The molecule has 1 fully saturated rings. The van der Waals surface area contributed by atoms with E-state index >= 15 is 0 Å². The summed E-state index contributed by atoms with van der Waals surface area (Å²) in [6.45, 7) is 7.31. The number of rotatable bonds is 3. The van der Waals surface area contributed by atoms with E-state index in [4.69, 9.17) is 21.3 Å². The maximum absolute atomic E-state index is 13.5. The highest BCUT2D eigenvalue weighted by atomic mass is 35.5. The van der Waals surface area contributed by atoms with Gasteiger partial charge in [0.15, 0.2) is 0 Å². The van der Waals surface area contributed by atoms with Crippen molar-refractivity contribution in [3.63, 3.8) is 0 Å². The molecule has 28 heavy (non-hydrogen) atoms. The zero-order valence-corrected chi connectivity index (χ0v) is 17.8. The number of aromatic nitrogens is 1. The maximum atomic E-state index is 13.5. The molecule has 1 aliphatic rings. The number of ether oxygens (including phenoxy) is 1. The third kappa shape index (κ3) is 3.79. The summed E-state index contributed by atoms with van der Waals surface area (Å²) in [6, 6.07) is 11.7. The van der Waals surface area contributed by atoms with Crippen LogP contribution in [0.15, 0.2) is 36.4 Å². The second-order valence-corrected chi connectivity index (χ2v) is 8.91. The van der Waals surface area contributed by atoms with Gasteiger partial charge in [0, 0.05) is 28.4 Å². The fraction of sp³-hybridized carbons (Fsp3) is 0.364. The Morgan fingerprint density at radius 2 is 1.96 bits per heavy atom. The van der Waals surface area contributed by atoms with E-state index in [2.05, 4.69) is 19.1 Å². The average Bonchev–Trinajstić information content (AvgIpc) is 3.15. The van der Waals surface area contributed by atoms with Gasteiger partial charge in [-0.05, 0) is 56.7 Å². The van der Waals surface area contributed by atoms with Gasteiger partial charge in [0.25, 0.3) is 5.91 Å². The normalized spacial score (nSPS) is 19.9. The van der Waals surface area contributed by atoms with Crippen LogP contribution in [0.5, 0.6) is 0 Å². The average molecular weight is 415 g/mol. The lowest BCUT2D eigenvalue weighted by molar-refractivity contribution is -0.0585. The van der Waals surface area contributed by atoms with E-state index < -0.39 is 0 Å². The highest BCUT2D eigenvalue weighted by molar-refractivity contribution is 7.15. The molecule has 0 saturated carbocycles. The van der Waals surface area contributed by atoms with Crippen LogP contribution in [0.2, 0.25) is 5.02 Å². The van der Waals surface area contributed by atoms with Crippen LogP contribution < -0.4 is 0 Å². The fourth-order valence-corrected chi connectivity index (χ4v) is 4.80. The Kier molecular flexibility index (Phi) is 5.41. The summed E-state index contributed by atoms with van der Waals surface area (Å²) in [6.07, 6.45) is 1.03. The molecule has 2 atom stereocenters. The van der Waals surface area contributed by atoms with Crippen molar-refractivity contribution in [3.8, 4) is 10.6 Å². The SMILES string of the molecule is CCc1ccc(-c2cc(C(=O)N3C[C@@H](C)O[C@H](C)C3)c3cc(Cl)ccc3n2)s1. The van der Waals surface area contributed by atoms with Crippen LogP contribution in [0.4, 0.5) is 0 Å². The number of pyridine rings is 1. The van der Waals surface area contributed by atoms with Gasteiger partial charge in [0.1, 0.15) is 0 Å². The molecule has 1 saturated heterocycles. The van der Waals surface area contributed by atoms with Gasteiger partial charge in [-0.15, -0.1) is 11.3 Å². The molecule has 6 heteroatoms. The summed E-state index contributed by atoms with van der Waals surface area (Å²) < 4.78 is 5.79. The van der Waals surface area contributed by atoms with Crippen LogP contribution in [0, 0.1) is 0 Å². The van der Waals surface area contributed by atoms with Crippen molar-refractivity contribution in [1.29, 1.82) is 0 Å². The summed E-state index contributed by atoms with van der Waals surface area (Å²) >= 11 is 7.96. The lowest BCUT2D eigenvalue weighted by atomic mass is 10.0. The largest absolute Gasteiger partial charge is 0.372 e. The van der Waals surface area contributed by atoms with Gasteiger partial charge in [0.2, 0.25) is 0 Å². The van der Waals surface area contributed by atoms with Crippen molar-refractivity contribution in [2.75, 3.05) is 13.1 Å². The highest BCUT2D eigenvalue weighted by Crippen LogP contribution is 2.32. The van der Waals surface area contributed by atoms with E-state index in [1.54, 1.807) is 11.3 Å². The standard InChI is InChI=1S/C22H23ClN2O2S/c1-4-16-6-8-21(28-16)20-10-18(17-9-15(23)5-7-19(17)24-20)22(26)25-11-13(2)27-14(3)12-25/h5-10,13-14H,4,11-12H2,1-3H3/t13-,14-/m1/s1. The van der Waals surface area contributed by atoms with Crippen molar-refractivity contribution < 1.29 is 9.53 Å². The van der Waals surface area contributed by atoms with Gasteiger partial charge >= 0.3 is 0 Å². The first-order chi connectivity index (χ1) is 13.4. The van der Waals surface area contributed by atoms with Gasteiger partial charge in [-0.3, -0.25) is 4.79 Å². The van der Waals surface area contributed by atoms with Gasteiger partial charge in [-0.25, -0.2) is 4.98 Å². The Bertz CT molecular complexity index is 1020. The Balaban J connectivity index is 1.82. The molecule has 0 bridgehead atoms. The van der Waals surface area contributed by atoms with Crippen LogP contribution in [0.25, 0.3) is 21.5 Å². The Morgan fingerprint density at radius 1 is 1.21 bits per heavy atom. The van der Waals surface area contributed by atoms with Crippen LogP contribution >= 0.6 is 22.9 Å². The third-order valence-electron chi connectivity index (χ3n) is 4.97. The Labute approximate surface area is 174 Å². The van der Waals surface area contributed by atoms with E-state index in [9.17, 15) is 4.79 Å². The van der Waals surface area contributed by atoms with Crippen LogP contribution in [0.1, 0.15) is 36.0 Å². The number of benzene rings is 1. The molecular formula is C22H23ClN2O2S. The number of hydrogen-bond donors (Lipinski definition) is 0. The second-order valence-electron chi connectivity index (χ2n) is 7.30. The number of aryl methyl sites for hydroxylation is 1. The monoisotopic (exact) mass is 414 g/mol. The van der Waals surface area contributed by atoms with Gasteiger partial charge in [0.05, 0.1) is 33.9 Å². The fourth-order valence-electron chi connectivity index (χ4n) is 3.72. The quantitative estimate of drug-likeness (QED) is 0.574. The molecule has 0 spiro atoms. The molecule has 1 aliphatic heterocycles. The minimum atomic E-state index is 0.00480. The molecule has 1 aromatic carbocycles. The maximum Gasteiger partial charge on any atom is 0.254 e. The van der Waals surface area contributed by atoms with E-state index in [1.165, 1.54) is 4.88 Å². The number of hydrogen-bond acceptors (Lipinski definition) is 4. The molecule has 2 aromatic heterocycles. The lowest BCUT2D eigenvalue weighted by Gasteiger charge is -2.35. The van der Waals surface area contributed by atoms with Crippen molar-refractivity contribution in [2.24, 2.45) is 0 Å². The van der Waals surface area contributed by atoms with Crippen molar-refractivity contribution in [2.45, 2.75) is 39.4 Å². The van der Waals surface area contributed by atoms with Crippen molar-refractivity contribution in [3.05, 3.63) is 51.9 Å². The predicted molar refractivity (Wildman–Crippen MR) is 115 cm³/mol. The predicted octanol–water partition coefficient (Wildman–Crippen LogP) is 5.43. The molecule has 0 radical (unpaired) electrons. The topological polar surface area (TPSA) is 42.4 Å². The molecule has 4 rings (SSSR count). The van der Waals surface area contributed by atoms with Gasteiger partial charge in [-0.2, -0.15) is 0 Å². The molecule has 0 N–H and O–H groups in total. The molecule has 0 aliphatic carbocycles. The van der Waals surface area contributed by atoms with Crippen LogP contribution in [0.3, 0.4) is 0 Å². The first kappa shape index (κ1) is 19.4. The summed E-state index contributed by atoms with van der Waals surface area (Å²) in [4.78, 5) is 22.5. The van der Waals surface area contributed by atoms with E-state index in [-0.39, 0.29) is 18.1 Å². The molecule has 1 amide bonds. The smallest absolute Gasteiger partial charge is 0.254 e. The Hall–Kier alpha value is -1.95. The van der Waals surface area contributed by atoms with Crippen LogP contribution in [-0.2, 0) is 11.2 Å². The lowest BCUT2D eigenvalue weighted by Crippen LogP contribution is -2.48. The summed E-state index contributed by atoms with van der Waals surface area (Å²) in [5, 5.41) is 1.39. The summed E-state index contributed by atoms with van der Waals surface area (Å²) in [5.74, 6) is 0.00480. The number of fused-ring (bicyclic) bond motifs is 1. The van der Waals surface area contributed by atoms with Crippen LogP contribution in [-0.4, -0.2) is 41.1 Å². The third-order valence-corrected chi connectivity index (χ3v) is 6.46. The minimum Gasteiger partial charge on any atom is -0.372 e. The van der Waals surface area contributed by atoms with E-state index in [1.807, 2.05) is 43.0 Å². The van der Waals surface area contributed by atoms with Gasteiger partial charge < -0.3 is 9.64 Å². The highest BCUT2D eigenvalue weighted by Gasteiger charge is 2.28. The number of carbonyl (C=O) groups is 1. The number of thiophene rings is 1. The number of amides is 1. The zero-order chi connectivity index (χ0) is 19.8. The molecule has 3 heterocycles. The number of carbonyl (C=O) groups excluding carboxylic acids is 1. The molecule has 4 nitrogen and oxygen atoms in total. The number of morpholine rings is 1. The number of halogens is 1. The number of nitrogens with zero attached hydrogens (tertiary/aromatic N) is 2. The first-order valence-corrected chi connectivity index (χ1v) is 10.8. The Morgan fingerprint density at radius 3 is 2.64 bits per heavy atom. The first-order valence-electron chi connectivity index (χ1n) is 9.58. The summed E-state index contributed by atoms with van der Waals surface area (Å²) in [5.41, 5.74) is 2.26. The molecule has 146 valence electrons. The second kappa shape index (κ2) is 7.82. The van der Waals surface area contributed by atoms with Gasteiger partial charge in [-0.1, -0.05) is 18.5 Å². The summed E-state index contributed by atoms with van der Waals surface area (Å²) in [7, 11) is 0. The molecule has 3 aromatic rings. The minimum absolute atomic E-state index is 0.00480. The molecular weight excluding hydrogens is 392 g/mol. The molecule has 0 unspecified atom stereocenters. The zero-order valence-electron chi connectivity index (χ0n) is 16.2.